The third kappa shape index (κ3) is 4.51. The van der Waals surface area contributed by atoms with Crippen molar-refractivity contribution in [2.75, 3.05) is 6.54 Å². The van der Waals surface area contributed by atoms with E-state index in [-0.39, 0.29) is 0 Å². The molecule has 0 saturated heterocycles. The first kappa shape index (κ1) is 12.6. The number of hydrogen-bond donors (Lipinski definition) is 1. The molecule has 1 heteroatoms. The van der Waals surface area contributed by atoms with Gasteiger partial charge in [0.2, 0.25) is 0 Å². The van der Waals surface area contributed by atoms with E-state index in [0.717, 1.165) is 18.4 Å². The molecule has 1 N–H and O–H groups in total. The van der Waals surface area contributed by atoms with E-state index >= 15 is 0 Å². The normalized spacial score (nSPS) is 24.8. The van der Waals surface area contributed by atoms with Gasteiger partial charge >= 0.3 is 0 Å². The van der Waals surface area contributed by atoms with Crippen molar-refractivity contribution in [3.63, 3.8) is 0 Å². The van der Waals surface area contributed by atoms with Crippen LogP contribution in [0.15, 0.2) is 30.3 Å². The minimum Gasteiger partial charge on any atom is -0.313 e. The van der Waals surface area contributed by atoms with Crippen LogP contribution in [-0.2, 0) is 6.54 Å². The van der Waals surface area contributed by atoms with Crippen molar-refractivity contribution in [3.05, 3.63) is 35.9 Å². The van der Waals surface area contributed by atoms with Crippen LogP contribution < -0.4 is 5.32 Å². The zero-order valence-corrected chi connectivity index (χ0v) is 11.0. The van der Waals surface area contributed by atoms with Gasteiger partial charge in [0.15, 0.2) is 0 Å². The Morgan fingerprint density at radius 3 is 2.47 bits per heavy atom. The van der Waals surface area contributed by atoms with Crippen molar-refractivity contribution < 1.29 is 0 Å². The van der Waals surface area contributed by atoms with Crippen LogP contribution in [0.3, 0.4) is 0 Å². The number of nitrogens with one attached hydrogen (secondary N) is 1. The molecule has 0 radical (unpaired) electrons. The molecular formula is C16H25N. The number of benzene rings is 1. The van der Waals surface area contributed by atoms with Gasteiger partial charge in [0.1, 0.15) is 0 Å². The van der Waals surface area contributed by atoms with E-state index in [9.17, 15) is 0 Å². The first-order valence-corrected chi connectivity index (χ1v) is 7.09. The maximum absolute atomic E-state index is 3.56. The lowest BCUT2D eigenvalue weighted by molar-refractivity contribution is 0.275. The van der Waals surface area contributed by atoms with Gasteiger partial charge in [-0.05, 0) is 30.4 Å². The molecule has 1 aliphatic rings. The van der Waals surface area contributed by atoms with Gasteiger partial charge in [0.05, 0.1) is 0 Å². The smallest absolute Gasteiger partial charge is 0.0205 e. The van der Waals surface area contributed by atoms with E-state index in [1.165, 1.54) is 44.2 Å². The highest BCUT2D eigenvalue weighted by Gasteiger charge is 2.17. The predicted octanol–water partition coefficient (Wildman–Crippen LogP) is 3.99. The summed E-state index contributed by atoms with van der Waals surface area (Å²) in [6, 6.07) is 10.7. The van der Waals surface area contributed by atoms with Gasteiger partial charge in [-0.3, -0.25) is 0 Å². The van der Waals surface area contributed by atoms with Gasteiger partial charge in [0.25, 0.3) is 0 Å². The molecular weight excluding hydrogens is 206 g/mol. The fraction of sp³-hybridized carbons (Fsp3) is 0.625. The highest BCUT2D eigenvalue weighted by molar-refractivity contribution is 5.14. The second-order valence-electron chi connectivity index (χ2n) is 5.58. The second-order valence-corrected chi connectivity index (χ2v) is 5.58. The Kier molecular flexibility index (Phi) is 5.06. The van der Waals surface area contributed by atoms with Crippen molar-refractivity contribution in [3.8, 4) is 0 Å². The number of hydrogen-bond acceptors (Lipinski definition) is 1. The van der Waals surface area contributed by atoms with Crippen LogP contribution in [0.2, 0.25) is 0 Å². The molecule has 0 heterocycles. The molecule has 2 rings (SSSR count). The molecule has 1 saturated carbocycles. The quantitative estimate of drug-likeness (QED) is 0.755. The minimum absolute atomic E-state index is 0.975. The van der Waals surface area contributed by atoms with Crippen LogP contribution in [0.5, 0.6) is 0 Å². The highest BCUT2D eigenvalue weighted by Crippen LogP contribution is 2.29. The van der Waals surface area contributed by atoms with Crippen LogP contribution >= 0.6 is 0 Å². The Hall–Kier alpha value is -0.820. The van der Waals surface area contributed by atoms with Gasteiger partial charge < -0.3 is 5.32 Å². The minimum atomic E-state index is 0.975. The third-order valence-corrected chi connectivity index (χ3v) is 4.04. The van der Waals surface area contributed by atoms with Crippen LogP contribution in [0.1, 0.15) is 44.6 Å². The molecule has 0 aromatic heterocycles. The maximum atomic E-state index is 3.56. The zero-order chi connectivity index (χ0) is 11.9. The predicted molar refractivity (Wildman–Crippen MR) is 73.9 cm³/mol. The lowest BCUT2D eigenvalue weighted by Gasteiger charge is -2.26. The Morgan fingerprint density at radius 1 is 1.06 bits per heavy atom. The van der Waals surface area contributed by atoms with Crippen LogP contribution in [0.4, 0.5) is 0 Å². The maximum Gasteiger partial charge on any atom is 0.0205 e. The van der Waals surface area contributed by atoms with E-state index in [2.05, 4.69) is 42.6 Å². The first-order valence-electron chi connectivity index (χ1n) is 7.09. The van der Waals surface area contributed by atoms with Gasteiger partial charge in [0, 0.05) is 6.54 Å². The largest absolute Gasteiger partial charge is 0.313 e. The fourth-order valence-electron chi connectivity index (χ4n) is 2.75. The summed E-state index contributed by atoms with van der Waals surface area (Å²) in [4.78, 5) is 0. The average molecular weight is 231 g/mol. The first-order chi connectivity index (χ1) is 8.34. The number of rotatable bonds is 5. The Morgan fingerprint density at radius 2 is 1.76 bits per heavy atom. The van der Waals surface area contributed by atoms with Crippen molar-refractivity contribution >= 4 is 0 Å². The average Bonchev–Trinajstić information content (AvgIpc) is 2.38. The van der Waals surface area contributed by atoms with Crippen molar-refractivity contribution in [2.24, 2.45) is 11.8 Å². The van der Waals surface area contributed by atoms with E-state index in [1.807, 2.05) is 0 Å². The second kappa shape index (κ2) is 6.80. The molecule has 1 nitrogen and oxygen atoms in total. The van der Waals surface area contributed by atoms with Gasteiger partial charge in [-0.15, -0.1) is 0 Å². The van der Waals surface area contributed by atoms with Crippen molar-refractivity contribution in [2.45, 2.75) is 45.6 Å². The molecule has 1 fully saturated rings. The Balaban J connectivity index is 1.57. The molecule has 1 aromatic carbocycles. The molecule has 0 aliphatic heterocycles. The molecule has 94 valence electrons. The molecule has 0 spiro atoms. The highest BCUT2D eigenvalue weighted by atomic mass is 14.8. The van der Waals surface area contributed by atoms with Crippen LogP contribution in [0, 0.1) is 11.8 Å². The van der Waals surface area contributed by atoms with Crippen LogP contribution in [-0.4, -0.2) is 6.54 Å². The summed E-state index contributed by atoms with van der Waals surface area (Å²) in [5.41, 5.74) is 1.39. The summed E-state index contributed by atoms with van der Waals surface area (Å²) in [7, 11) is 0. The van der Waals surface area contributed by atoms with E-state index in [0.29, 0.717) is 0 Å². The summed E-state index contributed by atoms with van der Waals surface area (Å²) in [5, 5.41) is 3.56. The lowest BCUT2D eigenvalue weighted by atomic mass is 9.81. The summed E-state index contributed by atoms with van der Waals surface area (Å²) >= 11 is 0. The van der Waals surface area contributed by atoms with E-state index in [1.54, 1.807) is 0 Å². The standard InChI is InChI=1S/C16H25N/c1-14-7-9-15(10-8-14)11-12-17-13-16-5-3-2-4-6-16/h2-6,14-15,17H,7-13H2,1H3. The molecule has 1 aliphatic carbocycles. The fourth-order valence-corrected chi connectivity index (χ4v) is 2.75. The third-order valence-electron chi connectivity index (χ3n) is 4.04. The molecule has 0 atom stereocenters. The van der Waals surface area contributed by atoms with Gasteiger partial charge in [-0.1, -0.05) is 62.9 Å². The summed E-state index contributed by atoms with van der Waals surface area (Å²) in [6.45, 7) is 4.59. The lowest BCUT2D eigenvalue weighted by Crippen LogP contribution is -2.20. The Bertz CT molecular complexity index is 299. The topological polar surface area (TPSA) is 12.0 Å². The summed E-state index contributed by atoms with van der Waals surface area (Å²) in [6.07, 6.45) is 7.16. The van der Waals surface area contributed by atoms with Gasteiger partial charge in [-0.2, -0.15) is 0 Å². The zero-order valence-electron chi connectivity index (χ0n) is 11.0. The van der Waals surface area contributed by atoms with E-state index in [4.69, 9.17) is 0 Å². The monoisotopic (exact) mass is 231 g/mol. The van der Waals surface area contributed by atoms with Gasteiger partial charge in [-0.25, -0.2) is 0 Å². The summed E-state index contributed by atoms with van der Waals surface area (Å²) in [5.74, 6) is 1.96. The SMILES string of the molecule is CC1CCC(CCNCc2ccccc2)CC1. The van der Waals surface area contributed by atoms with Crippen LogP contribution in [0.25, 0.3) is 0 Å². The van der Waals surface area contributed by atoms with Crippen molar-refractivity contribution in [1.29, 1.82) is 0 Å². The molecule has 0 amide bonds. The van der Waals surface area contributed by atoms with Crippen molar-refractivity contribution in [1.82, 2.24) is 5.32 Å². The van der Waals surface area contributed by atoms with E-state index < -0.39 is 0 Å². The molecule has 0 unspecified atom stereocenters. The Labute approximate surface area is 106 Å². The molecule has 17 heavy (non-hydrogen) atoms. The molecule has 0 bridgehead atoms. The summed E-state index contributed by atoms with van der Waals surface area (Å²) < 4.78 is 0. The molecule has 1 aromatic rings.